The number of nitrogens with one attached hydrogen (secondary N) is 1. The molecule has 2 heterocycles. The average Bonchev–Trinajstić information content (AvgIpc) is 2.57. The SMILES string of the molecule is CC(=O)OC1(c2cccc(C)c2)CNC(=O)C=C1c1ccncc1. The Balaban J connectivity index is 2.24. The molecule has 1 aliphatic rings. The number of hydrogen-bond acceptors (Lipinski definition) is 4. The number of aromatic nitrogens is 1. The van der Waals surface area contributed by atoms with Crippen molar-refractivity contribution < 1.29 is 14.3 Å². The Morgan fingerprint density at radius 3 is 2.67 bits per heavy atom. The molecule has 0 saturated carbocycles. The van der Waals surface area contributed by atoms with E-state index >= 15 is 0 Å². The van der Waals surface area contributed by atoms with Gasteiger partial charge in [0.1, 0.15) is 0 Å². The Morgan fingerprint density at radius 1 is 1.25 bits per heavy atom. The minimum atomic E-state index is -1.06. The second-order valence-electron chi connectivity index (χ2n) is 5.80. The maximum atomic E-state index is 12.0. The fourth-order valence-electron chi connectivity index (χ4n) is 3.00. The number of rotatable bonds is 3. The van der Waals surface area contributed by atoms with E-state index in [-0.39, 0.29) is 12.5 Å². The van der Waals surface area contributed by atoms with E-state index in [1.165, 1.54) is 13.0 Å². The van der Waals surface area contributed by atoms with E-state index in [1.54, 1.807) is 24.5 Å². The molecule has 5 nitrogen and oxygen atoms in total. The van der Waals surface area contributed by atoms with Gasteiger partial charge >= 0.3 is 5.97 Å². The molecule has 1 aromatic heterocycles. The standard InChI is InChI=1S/C19H18N2O3/c1-13-4-3-5-16(10-13)19(24-14(2)22)12-21-18(23)11-17(19)15-6-8-20-9-7-15/h3-11H,12H2,1-2H3,(H,21,23). The minimum absolute atomic E-state index is 0.184. The molecule has 1 aliphatic heterocycles. The highest BCUT2D eigenvalue weighted by atomic mass is 16.6. The van der Waals surface area contributed by atoms with Crippen LogP contribution in [0.3, 0.4) is 0 Å². The minimum Gasteiger partial charge on any atom is -0.447 e. The van der Waals surface area contributed by atoms with Crippen LogP contribution in [-0.4, -0.2) is 23.4 Å². The Kier molecular flexibility index (Phi) is 4.16. The Bertz CT molecular complexity index is 814. The van der Waals surface area contributed by atoms with Gasteiger partial charge in [0, 0.05) is 36.5 Å². The number of carbonyl (C=O) groups is 2. The number of hydrogen-bond donors (Lipinski definition) is 1. The molecule has 3 rings (SSSR count). The largest absolute Gasteiger partial charge is 0.447 e. The number of carbonyl (C=O) groups excluding carboxylic acids is 2. The van der Waals surface area contributed by atoms with Gasteiger partial charge in [0.2, 0.25) is 5.91 Å². The summed E-state index contributed by atoms with van der Waals surface area (Å²) in [4.78, 5) is 27.9. The van der Waals surface area contributed by atoms with Crippen LogP contribution in [0.2, 0.25) is 0 Å². The predicted octanol–water partition coefficient (Wildman–Crippen LogP) is 2.36. The number of esters is 1. The summed E-state index contributed by atoms with van der Waals surface area (Å²) in [6.07, 6.45) is 4.79. The zero-order valence-corrected chi connectivity index (χ0v) is 13.6. The van der Waals surface area contributed by atoms with E-state index in [1.807, 2.05) is 31.2 Å². The first kappa shape index (κ1) is 15.9. The van der Waals surface area contributed by atoms with E-state index in [0.717, 1.165) is 16.7 Å². The summed E-state index contributed by atoms with van der Waals surface area (Å²) in [7, 11) is 0. The molecular weight excluding hydrogens is 304 g/mol. The van der Waals surface area contributed by atoms with E-state index < -0.39 is 11.6 Å². The fraction of sp³-hybridized carbons (Fsp3) is 0.211. The molecule has 1 N–H and O–H groups in total. The Hall–Kier alpha value is -2.95. The van der Waals surface area contributed by atoms with Crippen molar-refractivity contribution >= 4 is 17.4 Å². The van der Waals surface area contributed by atoms with Crippen molar-refractivity contribution in [1.82, 2.24) is 10.3 Å². The van der Waals surface area contributed by atoms with Crippen LogP contribution >= 0.6 is 0 Å². The molecule has 0 bridgehead atoms. The van der Waals surface area contributed by atoms with E-state index in [4.69, 9.17) is 4.74 Å². The quantitative estimate of drug-likeness (QED) is 0.881. The molecule has 122 valence electrons. The number of amides is 1. The van der Waals surface area contributed by atoms with Crippen LogP contribution in [0.4, 0.5) is 0 Å². The van der Waals surface area contributed by atoms with Crippen LogP contribution in [0.25, 0.3) is 5.57 Å². The van der Waals surface area contributed by atoms with Gasteiger partial charge in [-0.05, 0) is 24.6 Å². The zero-order valence-electron chi connectivity index (χ0n) is 13.6. The summed E-state index contributed by atoms with van der Waals surface area (Å²) in [5, 5.41) is 2.79. The summed E-state index contributed by atoms with van der Waals surface area (Å²) in [5.74, 6) is -0.621. The monoisotopic (exact) mass is 322 g/mol. The molecule has 0 radical (unpaired) electrons. The zero-order chi connectivity index (χ0) is 17.2. The van der Waals surface area contributed by atoms with Crippen molar-refractivity contribution in [2.24, 2.45) is 0 Å². The fourth-order valence-corrected chi connectivity index (χ4v) is 3.00. The van der Waals surface area contributed by atoms with Gasteiger partial charge in [-0.25, -0.2) is 0 Å². The highest BCUT2D eigenvalue weighted by molar-refractivity contribution is 6.00. The van der Waals surface area contributed by atoms with Crippen molar-refractivity contribution in [3.8, 4) is 0 Å². The summed E-state index contributed by atoms with van der Waals surface area (Å²) in [5.41, 5.74) is 2.25. The number of ether oxygens (including phenoxy) is 1. The lowest BCUT2D eigenvalue weighted by Gasteiger charge is -2.38. The first-order valence-corrected chi connectivity index (χ1v) is 7.68. The van der Waals surface area contributed by atoms with Gasteiger partial charge in [0.15, 0.2) is 5.60 Å². The first-order valence-electron chi connectivity index (χ1n) is 7.68. The van der Waals surface area contributed by atoms with Crippen molar-refractivity contribution in [2.45, 2.75) is 19.4 Å². The van der Waals surface area contributed by atoms with Crippen LogP contribution in [0.1, 0.15) is 23.6 Å². The third kappa shape index (κ3) is 2.93. The van der Waals surface area contributed by atoms with Crippen molar-refractivity contribution in [1.29, 1.82) is 0 Å². The lowest BCUT2D eigenvalue weighted by atomic mass is 9.79. The molecule has 2 aromatic rings. The molecule has 24 heavy (non-hydrogen) atoms. The Labute approximate surface area is 140 Å². The van der Waals surface area contributed by atoms with Gasteiger partial charge in [0.05, 0.1) is 6.54 Å². The molecule has 1 atom stereocenters. The average molecular weight is 322 g/mol. The maximum Gasteiger partial charge on any atom is 0.303 e. The van der Waals surface area contributed by atoms with Crippen LogP contribution in [0.5, 0.6) is 0 Å². The molecule has 0 fully saturated rings. The summed E-state index contributed by atoms with van der Waals surface area (Å²) in [6, 6.07) is 11.4. The van der Waals surface area contributed by atoms with Crippen molar-refractivity contribution in [3.63, 3.8) is 0 Å². The van der Waals surface area contributed by atoms with Gasteiger partial charge < -0.3 is 10.1 Å². The van der Waals surface area contributed by atoms with Crippen LogP contribution in [0, 0.1) is 6.92 Å². The molecule has 1 amide bonds. The van der Waals surface area contributed by atoms with Crippen LogP contribution in [0.15, 0.2) is 54.9 Å². The third-order valence-electron chi connectivity index (χ3n) is 4.02. The highest BCUT2D eigenvalue weighted by Crippen LogP contribution is 2.41. The summed E-state index contributed by atoms with van der Waals surface area (Å²) >= 11 is 0. The lowest BCUT2D eigenvalue weighted by molar-refractivity contribution is -0.153. The number of aryl methyl sites for hydroxylation is 1. The highest BCUT2D eigenvalue weighted by Gasteiger charge is 2.43. The normalized spacial score (nSPS) is 20.1. The molecule has 1 unspecified atom stereocenters. The number of pyridine rings is 1. The second-order valence-corrected chi connectivity index (χ2v) is 5.80. The van der Waals surface area contributed by atoms with Crippen LogP contribution in [-0.2, 0) is 19.9 Å². The molecule has 0 spiro atoms. The van der Waals surface area contributed by atoms with Gasteiger partial charge in [-0.3, -0.25) is 14.6 Å². The van der Waals surface area contributed by atoms with Gasteiger partial charge in [-0.15, -0.1) is 0 Å². The van der Waals surface area contributed by atoms with E-state index in [9.17, 15) is 9.59 Å². The van der Waals surface area contributed by atoms with Crippen molar-refractivity contribution in [2.75, 3.05) is 6.54 Å². The maximum absolute atomic E-state index is 12.0. The van der Waals surface area contributed by atoms with E-state index in [2.05, 4.69) is 10.3 Å². The molecular formula is C19H18N2O3. The van der Waals surface area contributed by atoms with Crippen LogP contribution < -0.4 is 5.32 Å². The number of benzene rings is 1. The molecule has 0 aliphatic carbocycles. The molecule has 5 heteroatoms. The van der Waals surface area contributed by atoms with E-state index in [0.29, 0.717) is 5.57 Å². The first-order chi connectivity index (χ1) is 11.5. The molecule has 1 aromatic carbocycles. The lowest BCUT2D eigenvalue weighted by Crippen LogP contribution is -2.48. The smallest absolute Gasteiger partial charge is 0.303 e. The molecule has 0 saturated heterocycles. The second kappa shape index (κ2) is 6.28. The van der Waals surface area contributed by atoms with Gasteiger partial charge in [0.25, 0.3) is 0 Å². The van der Waals surface area contributed by atoms with Crippen molar-refractivity contribution in [3.05, 3.63) is 71.6 Å². The third-order valence-corrected chi connectivity index (χ3v) is 4.02. The topological polar surface area (TPSA) is 68.3 Å². The van der Waals surface area contributed by atoms with Gasteiger partial charge in [-0.2, -0.15) is 0 Å². The summed E-state index contributed by atoms with van der Waals surface area (Å²) in [6.45, 7) is 3.53. The number of nitrogens with zero attached hydrogens (tertiary/aromatic N) is 1. The summed E-state index contributed by atoms with van der Waals surface area (Å²) < 4.78 is 5.79. The predicted molar refractivity (Wildman–Crippen MR) is 89.8 cm³/mol. The van der Waals surface area contributed by atoms with Gasteiger partial charge in [-0.1, -0.05) is 29.8 Å². The Morgan fingerprint density at radius 2 is 2.00 bits per heavy atom.